The van der Waals surface area contributed by atoms with Gasteiger partial charge in [0.15, 0.2) is 0 Å². The van der Waals surface area contributed by atoms with Crippen molar-refractivity contribution in [2.75, 3.05) is 0 Å². The summed E-state index contributed by atoms with van der Waals surface area (Å²) in [7, 11) is 0. The summed E-state index contributed by atoms with van der Waals surface area (Å²) >= 11 is 0. The summed E-state index contributed by atoms with van der Waals surface area (Å²) in [5.74, 6) is 1.81. The highest BCUT2D eigenvalue weighted by molar-refractivity contribution is 5.95. The monoisotopic (exact) mass is 437 g/mol. The minimum atomic E-state index is -0.170. The highest BCUT2D eigenvalue weighted by Crippen LogP contribution is 2.31. The zero-order valence-corrected chi connectivity index (χ0v) is 18.1. The Morgan fingerprint density at radius 1 is 0.727 bits per heavy atom. The van der Waals surface area contributed by atoms with E-state index in [1.165, 1.54) is 6.42 Å². The summed E-state index contributed by atoms with van der Waals surface area (Å²) in [6.07, 6.45) is 5.44. The highest BCUT2D eigenvalue weighted by atomic mass is 16.5. The molecule has 3 aromatic carbocycles. The van der Waals surface area contributed by atoms with Crippen LogP contribution in [0.3, 0.4) is 0 Å². The summed E-state index contributed by atoms with van der Waals surface area (Å²) in [5.41, 5.74) is 1.51. The van der Waals surface area contributed by atoms with E-state index in [0.717, 1.165) is 25.7 Å². The zero-order valence-electron chi connectivity index (χ0n) is 18.1. The van der Waals surface area contributed by atoms with Crippen molar-refractivity contribution in [1.82, 2.24) is 5.32 Å². The van der Waals surface area contributed by atoms with Gasteiger partial charge in [0.25, 0.3) is 5.91 Å². The quantitative estimate of drug-likeness (QED) is 0.504. The number of carbonyl (C=O) groups is 1. The first kappa shape index (κ1) is 21.9. The molecule has 0 bridgehead atoms. The van der Waals surface area contributed by atoms with Crippen LogP contribution in [-0.2, 0) is 0 Å². The molecule has 4 rings (SSSR count). The Morgan fingerprint density at radius 3 is 1.67 bits per heavy atom. The molecule has 33 heavy (non-hydrogen) atoms. The zero-order chi connectivity index (χ0) is 23.0. The Balaban J connectivity index is 1.59. The van der Waals surface area contributed by atoms with E-state index in [4.69, 9.17) is 20.0 Å². The molecule has 1 aliphatic rings. The fourth-order valence-corrected chi connectivity index (χ4v) is 3.80. The standard InChI is InChI=1S/C27H23N3O3/c28-17-19-6-10-23(11-7-19)32-25-14-21(27(31)30-22-4-2-1-3-5-22)15-26(16-25)33-24-12-8-20(18-29)9-13-24/h6-16,22H,1-5H2,(H,30,31). The van der Waals surface area contributed by atoms with Crippen molar-refractivity contribution >= 4 is 5.91 Å². The van der Waals surface area contributed by atoms with Crippen LogP contribution in [-0.4, -0.2) is 11.9 Å². The van der Waals surface area contributed by atoms with Crippen LogP contribution < -0.4 is 14.8 Å². The molecule has 3 aromatic rings. The van der Waals surface area contributed by atoms with Crippen LogP contribution >= 0.6 is 0 Å². The SMILES string of the molecule is N#Cc1ccc(Oc2cc(Oc3ccc(C#N)cc3)cc(C(=O)NC3CCCCC3)c2)cc1. The maximum atomic E-state index is 13.0. The van der Waals surface area contributed by atoms with Gasteiger partial charge in [0.2, 0.25) is 0 Å². The lowest BCUT2D eigenvalue weighted by molar-refractivity contribution is 0.0927. The number of ether oxygens (including phenoxy) is 2. The Morgan fingerprint density at radius 2 is 1.21 bits per heavy atom. The van der Waals surface area contributed by atoms with E-state index in [9.17, 15) is 4.79 Å². The van der Waals surface area contributed by atoms with Crippen molar-refractivity contribution in [3.63, 3.8) is 0 Å². The first-order valence-electron chi connectivity index (χ1n) is 10.9. The van der Waals surface area contributed by atoms with Gasteiger partial charge in [0, 0.05) is 17.7 Å². The molecule has 164 valence electrons. The normalized spacial score (nSPS) is 13.4. The van der Waals surface area contributed by atoms with Gasteiger partial charge in [0.1, 0.15) is 23.0 Å². The summed E-state index contributed by atoms with van der Waals surface area (Å²) in [4.78, 5) is 13.0. The molecule has 0 radical (unpaired) electrons. The molecule has 1 amide bonds. The number of benzene rings is 3. The number of carbonyl (C=O) groups excluding carboxylic acids is 1. The van der Waals surface area contributed by atoms with Crippen LogP contribution in [0.1, 0.15) is 53.6 Å². The fraction of sp³-hybridized carbons (Fsp3) is 0.222. The first-order chi connectivity index (χ1) is 16.1. The maximum absolute atomic E-state index is 13.0. The van der Waals surface area contributed by atoms with Crippen LogP contribution in [0.4, 0.5) is 0 Å². The highest BCUT2D eigenvalue weighted by Gasteiger charge is 2.18. The number of nitrogens with zero attached hydrogens (tertiary/aromatic N) is 2. The van der Waals surface area contributed by atoms with Gasteiger partial charge in [-0.1, -0.05) is 19.3 Å². The average Bonchev–Trinajstić information content (AvgIpc) is 2.85. The van der Waals surface area contributed by atoms with Crippen molar-refractivity contribution in [2.24, 2.45) is 0 Å². The summed E-state index contributed by atoms with van der Waals surface area (Å²) in [6, 6.07) is 22.9. The van der Waals surface area contributed by atoms with E-state index < -0.39 is 0 Å². The number of hydrogen-bond acceptors (Lipinski definition) is 5. The molecule has 6 nitrogen and oxygen atoms in total. The second-order valence-corrected chi connectivity index (χ2v) is 7.98. The van der Waals surface area contributed by atoms with Crippen LogP contribution in [0.25, 0.3) is 0 Å². The summed E-state index contributed by atoms with van der Waals surface area (Å²) in [5, 5.41) is 21.1. The maximum Gasteiger partial charge on any atom is 0.251 e. The van der Waals surface area contributed by atoms with Crippen molar-refractivity contribution in [3.8, 4) is 35.1 Å². The number of rotatable bonds is 6. The fourth-order valence-electron chi connectivity index (χ4n) is 3.80. The molecular weight excluding hydrogens is 414 g/mol. The molecule has 6 heteroatoms. The van der Waals surface area contributed by atoms with Crippen molar-refractivity contribution in [1.29, 1.82) is 10.5 Å². The minimum Gasteiger partial charge on any atom is -0.457 e. The summed E-state index contributed by atoms with van der Waals surface area (Å²) in [6.45, 7) is 0. The molecule has 0 atom stereocenters. The predicted molar refractivity (Wildman–Crippen MR) is 123 cm³/mol. The second kappa shape index (κ2) is 10.3. The third-order valence-corrected chi connectivity index (χ3v) is 5.52. The molecule has 1 aliphatic carbocycles. The van der Waals surface area contributed by atoms with Gasteiger partial charge in [-0.3, -0.25) is 4.79 Å². The third-order valence-electron chi connectivity index (χ3n) is 5.52. The van der Waals surface area contributed by atoms with Gasteiger partial charge in [0.05, 0.1) is 23.3 Å². The number of hydrogen-bond donors (Lipinski definition) is 1. The van der Waals surface area contributed by atoms with Gasteiger partial charge >= 0.3 is 0 Å². The largest absolute Gasteiger partial charge is 0.457 e. The van der Waals surface area contributed by atoms with E-state index in [1.807, 2.05) is 0 Å². The van der Waals surface area contributed by atoms with Gasteiger partial charge in [-0.05, 0) is 73.5 Å². The molecule has 1 saturated carbocycles. The number of nitriles is 2. The Hall–Kier alpha value is -4.29. The van der Waals surface area contributed by atoms with Crippen LogP contribution in [0.5, 0.6) is 23.0 Å². The Bertz CT molecular complexity index is 1120. The topological polar surface area (TPSA) is 95.1 Å². The predicted octanol–water partition coefficient (Wildman–Crippen LogP) is 6.08. The van der Waals surface area contributed by atoms with Crippen LogP contribution in [0, 0.1) is 22.7 Å². The first-order valence-corrected chi connectivity index (χ1v) is 10.9. The van der Waals surface area contributed by atoms with Gasteiger partial charge in [-0.15, -0.1) is 0 Å². The smallest absolute Gasteiger partial charge is 0.251 e. The Labute approximate surface area is 193 Å². The van der Waals surface area contributed by atoms with Crippen LogP contribution in [0.2, 0.25) is 0 Å². The minimum absolute atomic E-state index is 0.170. The van der Waals surface area contributed by atoms with E-state index in [2.05, 4.69) is 17.5 Å². The Kier molecular flexibility index (Phi) is 6.87. The molecule has 0 aromatic heterocycles. The summed E-state index contributed by atoms with van der Waals surface area (Å²) < 4.78 is 11.9. The van der Waals surface area contributed by atoms with Crippen molar-refractivity contribution in [2.45, 2.75) is 38.1 Å². The van der Waals surface area contributed by atoms with Gasteiger partial charge < -0.3 is 14.8 Å². The van der Waals surface area contributed by atoms with Crippen LogP contribution in [0.15, 0.2) is 66.7 Å². The lowest BCUT2D eigenvalue weighted by Crippen LogP contribution is -2.36. The van der Waals surface area contributed by atoms with E-state index in [1.54, 1.807) is 66.7 Å². The van der Waals surface area contributed by atoms with Gasteiger partial charge in [-0.2, -0.15) is 10.5 Å². The molecule has 0 saturated heterocycles. The van der Waals surface area contributed by atoms with E-state index >= 15 is 0 Å². The molecule has 1 fully saturated rings. The van der Waals surface area contributed by atoms with Gasteiger partial charge in [-0.25, -0.2) is 0 Å². The van der Waals surface area contributed by atoms with Crippen molar-refractivity contribution in [3.05, 3.63) is 83.4 Å². The molecule has 0 heterocycles. The molecule has 1 N–H and O–H groups in total. The van der Waals surface area contributed by atoms with E-state index in [-0.39, 0.29) is 11.9 Å². The number of amides is 1. The lowest BCUT2D eigenvalue weighted by Gasteiger charge is -2.23. The second-order valence-electron chi connectivity index (χ2n) is 7.98. The van der Waals surface area contributed by atoms with E-state index in [0.29, 0.717) is 39.7 Å². The molecule has 0 unspecified atom stereocenters. The third kappa shape index (κ3) is 5.90. The average molecular weight is 437 g/mol. The van der Waals surface area contributed by atoms with Crippen molar-refractivity contribution < 1.29 is 14.3 Å². The molecule has 0 aliphatic heterocycles. The molecular formula is C27H23N3O3. The number of nitrogens with one attached hydrogen (secondary N) is 1. The molecule has 0 spiro atoms. The lowest BCUT2D eigenvalue weighted by atomic mass is 9.95.